The van der Waals surface area contributed by atoms with Gasteiger partial charge < -0.3 is 10.2 Å². The summed E-state index contributed by atoms with van der Waals surface area (Å²) in [5.74, 6) is 0.0165. The van der Waals surface area contributed by atoms with E-state index >= 15 is 0 Å². The second kappa shape index (κ2) is 4.35. The number of carbonyl (C=O) groups is 2. The number of amides is 2. The predicted octanol–water partition coefficient (Wildman–Crippen LogP) is 0.914. The summed E-state index contributed by atoms with van der Waals surface area (Å²) in [6.07, 6.45) is 5.28. The van der Waals surface area contributed by atoms with Crippen molar-refractivity contribution < 1.29 is 9.59 Å². The minimum atomic E-state index is -0.618. The number of rotatable bonds is 2. The summed E-state index contributed by atoms with van der Waals surface area (Å²) >= 11 is 1.51. The smallest absolute Gasteiger partial charge is 0.249 e. The van der Waals surface area contributed by atoms with Crippen LogP contribution in [0.25, 0.3) is 0 Å². The molecule has 2 heterocycles. The van der Waals surface area contributed by atoms with E-state index in [-0.39, 0.29) is 18.4 Å². The Bertz CT molecular complexity index is 466. The van der Waals surface area contributed by atoms with Crippen molar-refractivity contribution in [3.8, 4) is 0 Å². The van der Waals surface area contributed by atoms with E-state index in [0.29, 0.717) is 6.54 Å². The van der Waals surface area contributed by atoms with Crippen LogP contribution in [0.2, 0.25) is 0 Å². The molecule has 1 spiro atoms. The molecule has 0 bridgehead atoms. The van der Waals surface area contributed by atoms with Gasteiger partial charge in [-0.1, -0.05) is 12.8 Å². The second-order valence-electron chi connectivity index (χ2n) is 4.92. The van der Waals surface area contributed by atoms with Gasteiger partial charge in [0.1, 0.15) is 17.1 Å². The molecule has 6 heteroatoms. The molecule has 0 atom stereocenters. The van der Waals surface area contributed by atoms with E-state index in [2.05, 4.69) is 10.3 Å². The van der Waals surface area contributed by atoms with Crippen molar-refractivity contribution >= 4 is 23.2 Å². The lowest BCUT2D eigenvalue weighted by atomic mass is 9.93. The zero-order valence-electron chi connectivity index (χ0n) is 10.0. The van der Waals surface area contributed by atoms with Gasteiger partial charge in [0.25, 0.3) is 0 Å². The molecule has 1 saturated heterocycles. The second-order valence-corrected chi connectivity index (χ2v) is 5.90. The summed E-state index contributed by atoms with van der Waals surface area (Å²) < 4.78 is 0. The molecule has 2 amide bonds. The molecule has 18 heavy (non-hydrogen) atoms. The Hall–Kier alpha value is -1.43. The van der Waals surface area contributed by atoms with Gasteiger partial charge in [0, 0.05) is 11.6 Å². The highest BCUT2D eigenvalue weighted by molar-refractivity contribution is 7.09. The van der Waals surface area contributed by atoms with Gasteiger partial charge in [0.05, 0.1) is 6.54 Å². The van der Waals surface area contributed by atoms with E-state index < -0.39 is 5.54 Å². The lowest BCUT2D eigenvalue weighted by molar-refractivity contribution is -0.150. The quantitative estimate of drug-likeness (QED) is 0.864. The van der Waals surface area contributed by atoms with Gasteiger partial charge in [-0.05, 0) is 12.8 Å². The first-order chi connectivity index (χ1) is 8.70. The first kappa shape index (κ1) is 11.6. The fourth-order valence-electron chi connectivity index (χ4n) is 2.85. The molecule has 3 rings (SSSR count). The largest absolute Gasteiger partial charge is 0.340 e. The highest BCUT2D eigenvalue weighted by Gasteiger charge is 2.48. The van der Waals surface area contributed by atoms with Gasteiger partial charge >= 0.3 is 0 Å². The molecule has 96 valence electrons. The van der Waals surface area contributed by atoms with E-state index in [1.807, 2.05) is 5.38 Å². The Morgan fingerprint density at radius 1 is 1.39 bits per heavy atom. The van der Waals surface area contributed by atoms with Crippen molar-refractivity contribution in [2.75, 3.05) is 6.54 Å². The minimum absolute atomic E-state index is 0.0481. The Morgan fingerprint density at radius 2 is 2.17 bits per heavy atom. The average Bonchev–Trinajstić information content (AvgIpc) is 2.97. The molecular weight excluding hydrogens is 250 g/mol. The Balaban J connectivity index is 1.81. The van der Waals surface area contributed by atoms with Crippen molar-refractivity contribution in [1.29, 1.82) is 0 Å². The van der Waals surface area contributed by atoms with Crippen LogP contribution in [-0.2, 0) is 16.1 Å². The maximum absolute atomic E-state index is 12.5. The normalized spacial score (nSPS) is 22.6. The van der Waals surface area contributed by atoms with Gasteiger partial charge in [0.15, 0.2) is 0 Å². The number of thiazole rings is 1. The molecule has 2 aliphatic rings. The molecule has 1 saturated carbocycles. The highest BCUT2D eigenvalue weighted by Crippen LogP contribution is 2.33. The first-order valence-corrected chi connectivity index (χ1v) is 7.06. The van der Waals surface area contributed by atoms with Crippen molar-refractivity contribution in [3.05, 3.63) is 16.6 Å². The summed E-state index contributed by atoms with van der Waals surface area (Å²) in [6.45, 7) is 0.603. The van der Waals surface area contributed by atoms with E-state index in [9.17, 15) is 9.59 Å². The summed E-state index contributed by atoms with van der Waals surface area (Å²) in [5, 5.41) is 5.67. The number of nitrogens with zero attached hydrogens (tertiary/aromatic N) is 2. The van der Waals surface area contributed by atoms with Crippen LogP contribution in [0.1, 0.15) is 30.7 Å². The molecule has 0 radical (unpaired) electrons. The molecule has 2 fully saturated rings. The molecule has 1 aliphatic carbocycles. The Labute approximate surface area is 109 Å². The minimum Gasteiger partial charge on any atom is -0.340 e. The predicted molar refractivity (Wildman–Crippen MR) is 66.9 cm³/mol. The van der Waals surface area contributed by atoms with Crippen molar-refractivity contribution in [3.63, 3.8) is 0 Å². The van der Waals surface area contributed by atoms with Crippen LogP contribution in [0, 0.1) is 0 Å². The maximum atomic E-state index is 12.5. The van der Waals surface area contributed by atoms with Crippen molar-refractivity contribution in [2.24, 2.45) is 0 Å². The van der Waals surface area contributed by atoms with Gasteiger partial charge in [-0.15, -0.1) is 11.3 Å². The molecule has 1 N–H and O–H groups in total. The third-order valence-corrected chi connectivity index (χ3v) is 4.44. The standard InChI is InChI=1S/C12H15N3O2S/c16-9-7-15(8-10-13-5-6-18-10)11(17)12(14-9)3-1-2-4-12/h5-6H,1-4,7-8H2,(H,14,16). The van der Waals surface area contributed by atoms with Crippen molar-refractivity contribution in [1.82, 2.24) is 15.2 Å². The van der Waals surface area contributed by atoms with Crippen LogP contribution in [0.5, 0.6) is 0 Å². The van der Waals surface area contributed by atoms with Gasteiger partial charge in [-0.25, -0.2) is 4.98 Å². The number of nitrogens with one attached hydrogen (secondary N) is 1. The third kappa shape index (κ3) is 1.90. The molecule has 5 nitrogen and oxygen atoms in total. The number of hydrogen-bond acceptors (Lipinski definition) is 4. The van der Waals surface area contributed by atoms with Crippen LogP contribution < -0.4 is 5.32 Å². The fourth-order valence-corrected chi connectivity index (χ4v) is 3.48. The van der Waals surface area contributed by atoms with Crippen LogP contribution in [0.15, 0.2) is 11.6 Å². The topological polar surface area (TPSA) is 62.3 Å². The molecule has 1 aromatic heterocycles. The number of hydrogen-bond donors (Lipinski definition) is 1. The van der Waals surface area contributed by atoms with E-state index in [1.165, 1.54) is 11.3 Å². The monoisotopic (exact) mass is 265 g/mol. The van der Waals surface area contributed by atoms with Crippen LogP contribution in [-0.4, -0.2) is 33.8 Å². The number of carbonyl (C=O) groups excluding carboxylic acids is 2. The summed E-state index contributed by atoms with van der Waals surface area (Å²) in [5.41, 5.74) is -0.618. The summed E-state index contributed by atoms with van der Waals surface area (Å²) in [7, 11) is 0. The van der Waals surface area contributed by atoms with Crippen LogP contribution in [0.3, 0.4) is 0 Å². The third-order valence-electron chi connectivity index (χ3n) is 3.68. The zero-order valence-corrected chi connectivity index (χ0v) is 10.8. The Morgan fingerprint density at radius 3 is 2.83 bits per heavy atom. The molecule has 0 unspecified atom stereocenters. The highest BCUT2D eigenvalue weighted by atomic mass is 32.1. The fraction of sp³-hybridized carbons (Fsp3) is 0.583. The van der Waals surface area contributed by atoms with Crippen molar-refractivity contribution in [2.45, 2.75) is 37.8 Å². The molecule has 1 aliphatic heterocycles. The van der Waals surface area contributed by atoms with Crippen LogP contribution >= 0.6 is 11.3 Å². The van der Waals surface area contributed by atoms with E-state index in [4.69, 9.17) is 0 Å². The van der Waals surface area contributed by atoms with Gasteiger partial charge in [-0.3, -0.25) is 9.59 Å². The first-order valence-electron chi connectivity index (χ1n) is 6.18. The maximum Gasteiger partial charge on any atom is 0.249 e. The molecule has 0 aromatic carbocycles. The molecular formula is C12H15N3O2S. The van der Waals surface area contributed by atoms with Crippen LogP contribution in [0.4, 0.5) is 0 Å². The number of piperazine rings is 1. The zero-order chi connectivity index (χ0) is 12.6. The lowest BCUT2D eigenvalue weighted by Crippen LogP contribution is -2.65. The summed E-state index contributed by atoms with van der Waals surface area (Å²) in [4.78, 5) is 30.1. The SMILES string of the molecule is O=C1CN(Cc2nccs2)C(=O)C2(CCCC2)N1. The average molecular weight is 265 g/mol. The number of aromatic nitrogens is 1. The van der Waals surface area contributed by atoms with Gasteiger partial charge in [-0.2, -0.15) is 0 Å². The molecule has 1 aromatic rings. The Kier molecular flexibility index (Phi) is 2.81. The van der Waals surface area contributed by atoms with E-state index in [0.717, 1.165) is 30.7 Å². The van der Waals surface area contributed by atoms with E-state index in [1.54, 1.807) is 11.1 Å². The summed E-state index contributed by atoms with van der Waals surface area (Å²) in [6, 6.07) is 0. The van der Waals surface area contributed by atoms with Gasteiger partial charge in [0.2, 0.25) is 11.8 Å². The lowest BCUT2D eigenvalue weighted by Gasteiger charge is -2.39.